The first-order valence-electron chi connectivity index (χ1n) is 5.89. The zero-order valence-corrected chi connectivity index (χ0v) is 11.3. The van der Waals surface area contributed by atoms with Gasteiger partial charge >= 0.3 is 0 Å². The molecule has 1 amide bonds. The lowest BCUT2D eigenvalue weighted by molar-refractivity contribution is -0.119. The highest BCUT2D eigenvalue weighted by Gasteiger charge is 2.28. The normalized spacial score (nSPS) is 16.6. The Morgan fingerprint density at radius 3 is 3.11 bits per heavy atom. The van der Waals surface area contributed by atoms with Crippen LogP contribution in [0.2, 0.25) is 0 Å². The van der Waals surface area contributed by atoms with Gasteiger partial charge < -0.3 is 10.1 Å². The quantitative estimate of drug-likeness (QED) is 0.716. The van der Waals surface area contributed by atoms with Gasteiger partial charge in [-0.2, -0.15) is 0 Å². The lowest BCUT2D eigenvalue weighted by atomic mass is 10.3. The van der Waals surface area contributed by atoms with E-state index in [0.29, 0.717) is 23.6 Å². The third-order valence-corrected chi connectivity index (χ3v) is 3.45. The van der Waals surface area contributed by atoms with E-state index in [0.717, 1.165) is 12.8 Å². The van der Waals surface area contributed by atoms with E-state index < -0.39 is 0 Å². The van der Waals surface area contributed by atoms with Gasteiger partial charge in [-0.05, 0) is 30.2 Å². The standard InChI is InChI=1S/C10H17N5O2S/c1-7(5-17-2)11-9(16)6-18-10-12-13-14-15(10)8-3-4-8/h7-8H,3-6H2,1-2H3,(H,11,16)/t7-/m0/s1. The molecule has 0 radical (unpaired) electrons. The Hall–Kier alpha value is -1.15. The Morgan fingerprint density at radius 1 is 1.67 bits per heavy atom. The molecule has 1 fully saturated rings. The number of hydrogen-bond acceptors (Lipinski definition) is 6. The fourth-order valence-electron chi connectivity index (χ4n) is 1.57. The van der Waals surface area contributed by atoms with Crippen LogP contribution in [-0.4, -0.2) is 51.6 Å². The summed E-state index contributed by atoms with van der Waals surface area (Å²) < 4.78 is 6.76. The maximum atomic E-state index is 11.7. The van der Waals surface area contributed by atoms with Gasteiger partial charge in [0.25, 0.3) is 0 Å². The third-order valence-electron chi connectivity index (χ3n) is 2.51. The lowest BCUT2D eigenvalue weighted by Gasteiger charge is -2.12. The third kappa shape index (κ3) is 3.67. The molecule has 0 unspecified atom stereocenters. The van der Waals surface area contributed by atoms with Crippen LogP contribution in [0.1, 0.15) is 25.8 Å². The van der Waals surface area contributed by atoms with E-state index in [9.17, 15) is 4.79 Å². The van der Waals surface area contributed by atoms with Crippen molar-refractivity contribution in [2.45, 2.75) is 37.0 Å². The summed E-state index contributed by atoms with van der Waals surface area (Å²) in [5.41, 5.74) is 0. The van der Waals surface area contributed by atoms with E-state index >= 15 is 0 Å². The largest absolute Gasteiger partial charge is 0.383 e. The minimum Gasteiger partial charge on any atom is -0.383 e. The van der Waals surface area contributed by atoms with Crippen LogP contribution in [0.3, 0.4) is 0 Å². The Labute approximate surface area is 110 Å². The zero-order valence-electron chi connectivity index (χ0n) is 10.5. The number of thioether (sulfide) groups is 1. The summed E-state index contributed by atoms with van der Waals surface area (Å²) in [5, 5.41) is 15.1. The van der Waals surface area contributed by atoms with Crippen molar-refractivity contribution in [3.63, 3.8) is 0 Å². The molecule has 100 valence electrons. The number of tetrazole rings is 1. The van der Waals surface area contributed by atoms with E-state index in [-0.39, 0.29) is 11.9 Å². The van der Waals surface area contributed by atoms with Crippen LogP contribution in [0, 0.1) is 0 Å². The molecule has 1 aliphatic rings. The molecule has 1 atom stereocenters. The first kappa shape index (κ1) is 13.3. The second-order valence-corrected chi connectivity index (χ2v) is 5.29. The Kier molecular flexibility index (Phi) is 4.54. The molecule has 0 bridgehead atoms. The number of ether oxygens (including phenoxy) is 1. The van der Waals surface area contributed by atoms with Crippen molar-refractivity contribution < 1.29 is 9.53 Å². The van der Waals surface area contributed by atoms with E-state index in [1.807, 2.05) is 6.92 Å². The predicted octanol–water partition coefficient (Wildman–Crippen LogP) is 0.251. The molecule has 0 aliphatic heterocycles. The van der Waals surface area contributed by atoms with Crippen LogP contribution in [0.4, 0.5) is 0 Å². The second-order valence-electron chi connectivity index (χ2n) is 4.35. The summed E-state index contributed by atoms with van der Waals surface area (Å²) in [6.07, 6.45) is 2.24. The number of nitrogens with one attached hydrogen (secondary N) is 1. The van der Waals surface area contributed by atoms with Crippen LogP contribution in [0.25, 0.3) is 0 Å². The number of hydrogen-bond donors (Lipinski definition) is 1. The average Bonchev–Trinajstić information content (AvgIpc) is 3.06. The van der Waals surface area contributed by atoms with Gasteiger partial charge in [0, 0.05) is 13.2 Å². The molecule has 0 spiro atoms. The van der Waals surface area contributed by atoms with Crippen molar-refractivity contribution >= 4 is 17.7 Å². The number of nitrogens with zero attached hydrogens (tertiary/aromatic N) is 4. The van der Waals surface area contributed by atoms with Crippen LogP contribution < -0.4 is 5.32 Å². The summed E-state index contributed by atoms with van der Waals surface area (Å²) in [5.74, 6) is 0.288. The maximum absolute atomic E-state index is 11.7. The highest BCUT2D eigenvalue weighted by molar-refractivity contribution is 7.99. The highest BCUT2D eigenvalue weighted by Crippen LogP contribution is 2.36. The summed E-state index contributed by atoms with van der Waals surface area (Å²) in [4.78, 5) is 11.7. The molecule has 1 N–H and O–H groups in total. The summed E-state index contributed by atoms with van der Waals surface area (Å²) in [6.45, 7) is 2.41. The topological polar surface area (TPSA) is 81.9 Å². The molecular formula is C10H17N5O2S. The van der Waals surface area contributed by atoms with Gasteiger partial charge in [-0.3, -0.25) is 4.79 Å². The number of rotatable bonds is 7. The Balaban J connectivity index is 1.76. The molecule has 1 saturated carbocycles. The predicted molar refractivity (Wildman–Crippen MR) is 66.3 cm³/mol. The van der Waals surface area contributed by atoms with E-state index in [1.54, 1.807) is 11.8 Å². The maximum Gasteiger partial charge on any atom is 0.230 e. The first-order valence-corrected chi connectivity index (χ1v) is 6.88. The van der Waals surface area contributed by atoms with Gasteiger partial charge in [-0.25, -0.2) is 4.68 Å². The second kappa shape index (κ2) is 6.14. The van der Waals surface area contributed by atoms with Crippen LogP contribution >= 0.6 is 11.8 Å². The first-order chi connectivity index (χ1) is 8.70. The molecular weight excluding hydrogens is 254 g/mol. The minimum atomic E-state index is -0.0325. The fourth-order valence-corrected chi connectivity index (χ4v) is 2.32. The summed E-state index contributed by atoms with van der Waals surface area (Å²) >= 11 is 1.36. The molecule has 2 rings (SSSR count). The molecule has 0 saturated heterocycles. The molecule has 1 heterocycles. The van der Waals surface area contributed by atoms with Crippen molar-refractivity contribution in [1.82, 2.24) is 25.5 Å². The van der Waals surface area contributed by atoms with E-state index in [2.05, 4.69) is 20.8 Å². The van der Waals surface area contributed by atoms with Crippen LogP contribution in [0.15, 0.2) is 5.16 Å². The molecule has 7 nitrogen and oxygen atoms in total. The van der Waals surface area contributed by atoms with Crippen molar-refractivity contribution in [2.75, 3.05) is 19.5 Å². The number of methoxy groups -OCH3 is 1. The molecule has 0 aromatic carbocycles. The Morgan fingerprint density at radius 2 is 2.44 bits per heavy atom. The number of aromatic nitrogens is 4. The zero-order chi connectivity index (χ0) is 13.0. The number of amides is 1. The molecule has 1 aromatic heterocycles. The highest BCUT2D eigenvalue weighted by atomic mass is 32.2. The van der Waals surface area contributed by atoms with Gasteiger partial charge in [-0.15, -0.1) is 5.10 Å². The summed E-state index contributed by atoms with van der Waals surface area (Å²) in [7, 11) is 1.61. The van der Waals surface area contributed by atoms with Crippen molar-refractivity contribution in [2.24, 2.45) is 0 Å². The van der Waals surface area contributed by atoms with Crippen molar-refractivity contribution in [3.8, 4) is 0 Å². The minimum absolute atomic E-state index is 0.0162. The smallest absolute Gasteiger partial charge is 0.230 e. The van der Waals surface area contributed by atoms with E-state index in [4.69, 9.17) is 4.74 Å². The van der Waals surface area contributed by atoms with E-state index in [1.165, 1.54) is 11.8 Å². The number of carbonyl (C=O) groups is 1. The van der Waals surface area contributed by atoms with Crippen LogP contribution in [0.5, 0.6) is 0 Å². The SMILES string of the molecule is COC[C@H](C)NC(=O)CSc1nnnn1C1CC1. The summed E-state index contributed by atoms with van der Waals surface area (Å²) in [6, 6.07) is 0.445. The fraction of sp³-hybridized carbons (Fsp3) is 0.800. The number of carbonyl (C=O) groups excluding carboxylic acids is 1. The van der Waals surface area contributed by atoms with Gasteiger partial charge in [0.1, 0.15) is 0 Å². The van der Waals surface area contributed by atoms with Gasteiger partial charge in [0.15, 0.2) is 0 Å². The van der Waals surface area contributed by atoms with Gasteiger partial charge in [0.05, 0.1) is 18.4 Å². The lowest BCUT2D eigenvalue weighted by Crippen LogP contribution is -2.36. The molecule has 18 heavy (non-hydrogen) atoms. The van der Waals surface area contributed by atoms with Gasteiger partial charge in [0.2, 0.25) is 11.1 Å². The van der Waals surface area contributed by atoms with Crippen molar-refractivity contribution in [1.29, 1.82) is 0 Å². The average molecular weight is 271 g/mol. The molecule has 1 aliphatic carbocycles. The van der Waals surface area contributed by atoms with Crippen molar-refractivity contribution in [3.05, 3.63) is 0 Å². The monoisotopic (exact) mass is 271 g/mol. The molecule has 1 aromatic rings. The van der Waals surface area contributed by atoms with Gasteiger partial charge in [-0.1, -0.05) is 11.8 Å². The Bertz CT molecular complexity index is 407. The van der Waals surface area contributed by atoms with Crippen LogP contribution in [-0.2, 0) is 9.53 Å². The molecule has 8 heteroatoms.